The van der Waals surface area contributed by atoms with Crippen LogP contribution in [0, 0.1) is 6.92 Å². The fourth-order valence-corrected chi connectivity index (χ4v) is 3.73. The van der Waals surface area contributed by atoms with Crippen molar-refractivity contribution in [1.82, 2.24) is 9.88 Å². The summed E-state index contributed by atoms with van der Waals surface area (Å²) in [5, 5.41) is 11.1. The van der Waals surface area contributed by atoms with Crippen LogP contribution in [0.15, 0.2) is 78.6 Å². The van der Waals surface area contributed by atoms with Crippen molar-refractivity contribution < 1.29 is 19.4 Å². The maximum Gasteiger partial charge on any atom is 0.295 e. The molecule has 0 unspecified atom stereocenters. The molecule has 31 heavy (non-hydrogen) atoms. The quantitative estimate of drug-likeness (QED) is 0.388. The molecule has 6 heteroatoms. The molecule has 0 aliphatic carbocycles. The average Bonchev–Trinajstić information content (AvgIpc) is 3.05. The van der Waals surface area contributed by atoms with Gasteiger partial charge >= 0.3 is 0 Å². The standard InChI is InChI=1S/C25H22N2O4/c1-16-5-7-19(8-6-16)23(28)21-22(18-9-11-20(31-2)12-10-18)27(25(30)24(21)29)15-17-4-3-13-26-14-17/h3-14,22,28H,15H2,1-2H3/b23-21+/t22-/m0/s1. The third-order valence-corrected chi connectivity index (χ3v) is 5.37. The van der Waals surface area contributed by atoms with Crippen LogP contribution in [0.4, 0.5) is 0 Å². The smallest absolute Gasteiger partial charge is 0.295 e. The van der Waals surface area contributed by atoms with E-state index < -0.39 is 17.7 Å². The number of ketones is 1. The predicted octanol–water partition coefficient (Wildman–Crippen LogP) is 4.02. The van der Waals surface area contributed by atoms with Crippen LogP contribution < -0.4 is 4.74 Å². The van der Waals surface area contributed by atoms with Gasteiger partial charge in [-0.15, -0.1) is 0 Å². The van der Waals surface area contributed by atoms with E-state index in [0.29, 0.717) is 16.9 Å². The molecule has 0 saturated carbocycles. The summed E-state index contributed by atoms with van der Waals surface area (Å²) in [6, 6.07) is 17.2. The number of hydrogen-bond acceptors (Lipinski definition) is 5. The van der Waals surface area contributed by atoms with Crippen molar-refractivity contribution in [2.75, 3.05) is 7.11 Å². The van der Waals surface area contributed by atoms with E-state index in [0.717, 1.165) is 11.1 Å². The fourth-order valence-electron chi connectivity index (χ4n) is 3.73. The Kier molecular flexibility index (Phi) is 5.54. The van der Waals surface area contributed by atoms with Crippen LogP contribution in [0.1, 0.15) is 28.3 Å². The number of carbonyl (C=O) groups is 2. The minimum absolute atomic E-state index is 0.0721. The zero-order valence-electron chi connectivity index (χ0n) is 17.3. The molecule has 2 aromatic carbocycles. The van der Waals surface area contributed by atoms with Crippen LogP contribution in [0.2, 0.25) is 0 Å². The monoisotopic (exact) mass is 414 g/mol. The highest BCUT2D eigenvalue weighted by molar-refractivity contribution is 6.46. The predicted molar refractivity (Wildman–Crippen MR) is 116 cm³/mol. The number of pyridine rings is 1. The zero-order chi connectivity index (χ0) is 22.0. The van der Waals surface area contributed by atoms with Gasteiger partial charge < -0.3 is 14.7 Å². The van der Waals surface area contributed by atoms with E-state index in [1.54, 1.807) is 62.0 Å². The number of nitrogens with zero attached hydrogens (tertiary/aromatic N) is 2. The molecule has 0 radical (unpaired) electrons. The van der Waals surface area contributed by atoms with Gasteiger partial charge in [0.1, 0.15) is 11.5 Å². The Morgan fingerprint density at radius 1 is 1.06 bits per heavy atom. The molecule has 0 spiro atoms. The molecule has 6 nitrogen and oxygen atoms in total. The maximum atomic E-state index is 13.0. The van der Waals surface area contributed by atoms with Crippen LogP contribution >= 0.6 is 0 Å². The number of Topliss-reactive ketones (excluding diaryl/α,β-unsaturated/α-hetero) is 1. The van der Waals surface area contributed by atoms with Gasteiger partial charge in [-0.1, -0.05) is 48.0 Å². The van der Waals surface area contributed by atoms with Crippen LogP contribution in [0.5, 0.6) is 5.75 Å². The topological polar surface area (TPSA) is 79.7 Å². The number of amides is 1. The first-order valence-corrected chi connectivity index (χ1v) is 9.88. The van der Waals surface area contributed by atoms with Crippen molar-refractivity contribution in [2.45, 2.75) is 19.5 Å². The number of benzene rings is 2. The maximum absolute atomic E-state index is 13.0. The van der Waals surface area contributed by atoms with Crippen molar-refractivity contribution in [3.05, 3.63) is 101 Å². The number of ether oxygens (including phenoxy) is 1. The molecule has 1 aliphatic heterocycles. The summed E-state index contributed by atoms with van der Waals surface area (Å²) in [6.07, 6.45) is 3.31. The number of likely N-dealkylation sites (tertiary alicyclic amines) is 1. The van der Waals surface area contributed by atoms with Crippen molar-refractivity contribution in [1.29, 1.82) is 0 Å². The van der Waals surface area contributed by atoms with Crippen molar-refractivity contribution >= 4 is 17.4 Å². The number of carbonyl (C=O) groups excluding carboxylic acids is 2. The molecule has 156 valence electrons. The third-order valence-electron chi connectivity index (χ3n) is 5.37. The summed E-state index contributed by atoms with van der Waals surface area (Å²) in [5.41, 5.74) is 3.09. The Morgan fingerprint density at radius 2 is 1.77 bits per heavy atom. The number of aliphatic hydroxyl groups is 1. The van der Waals surface area contributed by atoms with Crippen LogP contribution in [-0.4, -0.2) is 33.8 Å². The van der Waals surface area contributed by atoms with Crippen LogP contribution in [-0.2, 0) is 16.1 Å². The van der Waals surface area contributed by atoms with Gasteiger partial charge in [-0.2, -0.15) is 0 Å². The van der Waals surface area contributed by atoms with Gasteiger partial charge in [-0.3, -0.25) is 14.6 Å². The minimum Gasteiger partial charge on any atom is -0.507 e. The lowest BCUT2D eigenvalue weighted by atomic mass is 9.95. The molecule has 1 atom stereocenters. The summed E-state index contributed by atoms with van der Waals surface area (Å²) < 4.78 is 5.23. The molecule has 4 rings (SSSR count). The van der Waals surface area contributed by atoms with Gasteiger partial charge in [0.25, 0.3) is 11.7 Å². The second kappa shape index (κ2) is 8.44. The highest BCUT2D eigenvalue weighted by atomic mass is 16.5. The first-order valence-electron chi connectivity index (χ1n) is 9.88. The lowest BCUT2D eigenvalue weighted by Gasteiger charge is -2.25. The van der Waals surface area contributed by atoms with Gasteiger partial charge in [-0.05, 0) is 36.2 Å². The van der Waals surface area contributed by atoms with Gasteiger partial charge in [0.15, 0.2) is 0 Å². The van der Waals surface area contributed by atoms with E-state index in [2.05, 4.69) is 4.98 Å². The summed E-state index contributed by atoms with van der Waals surface area (Å²) in [7, 11) is 1.57. The number of aromatic nitrogens is 1. The molecule has 1 amide bonds. The average molecular weight is 414 g/mol. The molecule has 1 saturated heterocycles. The summed E-state index contributed by atoms with van der Waals surface area (Å²) in [6.45, 7) is 2.13. The van der Waals surface area contributed by atoms with Crippen molar-refractivity contribution in [3.8, 4) is 5.75 Å². The summed E-state index contributed by atoms with van der Waals surface area (Å²) in [4.78, 5) is 31.6. The third kappa shape index (κ3) is 3.92. The molecular formula is C25H22N2O4. The van der Waals surface area contributed by atoms with Gasteiger partial charge in [0.2, 0.25) is 0 Å². The SMILES string of the molecule is COc1ccc([C@H]2/C(=C(\O)c3ccc(C)cc3)C(=O)C(=O)N2Cc2cccnc2)cc1. The second-order valence-electron chi connectivity index (χ2n) is 7.43. The zero-order valence-corrected chi connectivity index (χ0v) is 17.3. The Bertz CT molecular complexity index is 1140. The number of aryl methyl sites for hydroxylation is 1. The molecule has 3 aromatic rings. The molecule has 1 aromatic heterocycles. The van der Waals surface area contributed by atoms with E-state index in [-0.39, 0.29) is 17.9 Å². The molecule has 0 bridgehead atoms. The Labute approximate surface area is 180 Å². The van der Waals surface area contributed by atoms with Gasteiger partial charge in [-0.25, -0.2) is 0 Å². The van der Waals surface area contributed by atoms with E-state index in [9.17, 15) is 14.7 Å². The van der Waals surface area contributed by atoms with E-state index in [1.807, 2.05) is 25.1 Å². The van der Waals surface area contributed by atoms with Crippen molar-refractivity contribution in [2.24, 2.45) is 0 Å². The molecule has 2 heterocycles. The van der Waals surface area contributed by atoms with Crippen molar-refractivity contribution in [3.63, 3.8) is 0 Å². The first-order chi connectivity index (χ1) is 15.0. The molecule has 1 N–H and O–H groups in total. The van der Waals surface area contributed by atoms with E-state index in [4.69, 9.17) is 4.74 Å². The highest BCUT2D eigenvalue weighted by Crippen LogP contribution is 2.40. The largest absolute Gasteiger partial charge is 0.507 e. The fraction of sp³-hybridized carbons (Fsp3) is 0.160. The van der Waals surface area contributed by atoms with Gasteiger partial charge in [0.05, 0.1) is 18.7 Å². The minimum atomic E-state index is -0.729. The highest BCUT2D eigenvalue weighted by Gasteiger charge is 2.46. The first kappa shape index (κ1) is 20.3. The second-order valence-corrected chi connectivity index (χ2v) is 7.43. The van der Waals surface area contributed by atoms with Gasteiger partial charge in [0, 0.05) is 24.5 Å². The molecule has 1 fully saturated rings. The van der Waals surface area contributed by atoms with Crippen LogP contribution in [0.25, 0.3) is 5.76 Å². The lowest BCUT2D eigenvalue weighted by molar-refractivity contribution is -0.140. The van der Waals surface area contributed by atoms with E-state index >= 15 is 0 Å². The number of methoxy groups -OCH3 is 1. The van der Waals surface area contributed by atoms with Crippen LogP contribution in [0.3, 0.4) is 0 Å². The molecular weight excluding hydrogens is 392 g/mol. The Balaban J connectivity index is 1.85. The number of aliphatic hydroxyl groups excluding tert-OH is 1. The summed E-state index contributed by atoms with van der Waals surface area (Å²) >= 11 is 0. The number of hydrogen-bond donors (Lipinski definition) is 1. The number of rotatable bonds is 5. The molecule has 1 aliphatic rings. The Morgan fingerprint density at radius 3 is 2.39 bits per heavy atom. The normalized spacial score (nSPS) is 17.7. The Hall–Kier alpha value is -3.93. The summed E-state index contributed by atoms with van der Waals surface area (Å²) in [5.74, 6) is -0.888. The lowest BCUT2D eigenvalue weighted by Crippen LogP contribution is -2.29. The van der Waals surface area contributed by atoms with E-state index in [1.165, 1.54) is 4.90 Å².